The van der Waals surface area contributed by atoms with Gasteiger partial charge in [0.15, 0.2) is 0 Å². The first-order valence-electron chi connectivity index (χ1n) is 8.46. The highest BCUT2D eigenvalue weighted by Crippen LogP contribution is 2.30. The molecular weight excluding hydrogens is 302 g/mol. The van der Waals surface area contributed by atoms with Crippen LogP contribution < -0.4 is 5.32 Å². The largest absolute Gasteiger partial charge is 0.391 e. The summed E-state index contributed by atoms with van der Waals surface area (Å²) < 4.78 is 2.08. The Balaban J connectivity index is 1.46. The number of benzene rings is 1. The normalized spacial score (nSPS) is 23.9. The highest BCUT2D eigenvalue weighted by atomic mass is 16.3. The number of imidazole rings is 2. The molecule has 126 valence electrons. The van der Waals surface area contributed by atoms with Crippen molar-refractivity contribution in [2.75, 3.05) is 5.32 Å². The fourth-order valence-corrected chi connectivity index (χ4v) is 3.63. The van der Waals surface area contributed by atoms with E-state index in [9.17, 15) is 5.11 Å². The van der Waals surface area contributed by atoms with Crippen LogP contribution in [0.5, 0.6) is 0 Å². The third-order valence-corrected chi connectivity index (χ3v) is 5.07. The highest BCUT2D eigenvalue weighted by molar-refractivity contribution is 5.79. The van der Waals surface area contributed by atoms with Gasteiger partial charge in [-0.1, -0.05) is 0 Å². The maximum Gasteiger partial charge on any atom is 0.201 e. The zero-order valence-corrected chi connectivity index (χ0v) is 14.0. The van der Waals surface area contributed by atoms with Gasteiger partial charge in [0.2, 0.25) is 5.95 Å². The molecule has 1 aliphatic carbocycles. The van der Waals surface area contributed by atoms with Gasteiger partial charge in [0, 0.05) is 18.9 Å². The van der Waals surface area contributed by atoms with Crippen LogP contribution in [0.15, 0.2) is 30.9 Å². The van der Waals surface area contributed by atoms with Crippen molar-refractivity contribution in [1.82, 2.24) is 19.5 Å². The van der Waals surface area contributed by atoms with Crippen LogP contribution in [0.4, 0.5) is 5.95 Å². The SMILES string of the molecule is Cc1cc2nc(N[C@@H]3CC(Cn4ccnc4)C[C@H]3O)[nH]c2cc1C. The number of rotatable bonds is 4. The van der Waals surface area contributed by atoms with Crippen LogP contribution in [0.1, 0.15) is 24.0 Å². The molecule has 4 rings (SSSR count). The van der Waals surface area contributed by atoms with Gasteiger partial charge in [0.05, 0.1) is 29.5 Å². The van der Waals surface area contributed by atoms with E-state index in [4.69, 9.17) is 0 Å². The fourth-order valence-electron chi connectivity index (χ4n) is 3.63. The minimum Gasteiger partial charge on any atom is -0.391 e. The summed E-state index contributed by atoms with van der Waals surface area (Å²) >= 11 is 0. The number of aromatic nitrogens is 4. The lowest BCUT2D eigenvalue weighted by Crippen LogP contribution is -2.28. The molecule has 1 aromatic carbocycles. The number of aromatic amines is 1. The molecule has 1 aliphatic rings. The van der Waals surface area contributed by atoms with Crippen LogP contribution in [0.25, 0.3) is 11.0 Å². The van der Waals surface area contributed by atoms with Crippen molar-refractivity contribution in [2.24, 2.45) is 5.92 Å². The van der Waals surface area contributed by atoms with E-state index in [1.54, 1.807) is 6.20 Å². The van der Waals surface area contributed by atoms with E-state index in [1.807, 2.05) is 12.5 Å². The number of hydrogen-bond donors (Lipinski definition) is 3. The lowest BCUT2D eigenvalue weighted by molar-refractivity contribution is 0.166. The lowest BCUT2D eigenvalue weighted by atomic mass is 10.1. The minimum atomic E-state index is -0.352. The van der Waals surface area contributed by atoms with Gasteiger partial charge in [-0.05, 0) is 55.9 Å². The molecule has 0 spiro atoms. The summed E-state index contributed by atoms with van der Waals surface area (Å²) in [5.41, 5.74) is 4.48. The summed E-state index contributed by atoms with van der Waals surface area (Å²) in [6.07, 6.45) is 6.96. The van der Waals surface area contributed by atoms with Crippen molar-refractivity contribution in [3.05, 3.63) is 42.0 Å². The van der Waals surface area contributed by atoms with Crippen LogP contribution >= 0.6 is 0 Å². The summed E-state index contributed by atoms with van der Waals surface area (Å²) in [6.45, 7) is 5.09. The number of nitrogens with one attached hydrogen (secondary N) is 2. The number of H-pyrrole nitrogens is 1. The summed E-state index contributed by atoms with van der Waals surface area (Å²) in [7, 11) is 0. The van der Waals surface area contributed by atoms with Crippen LogP contribution in [0.2, 0.25) is 0 Å². The van der Waals surface area contributed by atoms with E-state index >= 15 is 0 Å². The van der Waals surface area contributed by atoms with Crippen molar-refractivity contribution < 1.29 is 5.11 Å². The lowest BCUT2D eigenvalue weighted by Gasteiger charge is -2.15. The maximum atomic E-state index is 10.4. The molecule has 1 unspecified atom stereocenters. The standard InChI is InChI=1S/C18H23N5O/c1-11-5-14-15(6-12(11)2)21-18(20-14)22-16-7-13(8-17(16)24)9-23-4-3-19-10-23/h3-6,10,13,16-17,24H,7-9H2,1-2H3,(H2,20,21,22)/t13?,16-,17-/m1/s1. The molecule has 0 bridgehead atoms. The first kappa shape index (κ1) is 15.2. The number of hydrogen-bond acceptors (Lipinski definition) is 4. The van der Waals surface area contributed by atoms with E-state index in [-0.39, 0.29) is 12.1 Å². The molecule has 1 saturated carbocycles. The molecule has 2 aromatic heterocycles. The second-order valence-corrected chi connectivity index (χ2v) is 6.95. The Morgan fingerprint density at radius 3 is 2.92 bits per heavy atom. The molecular formula is C18H23N5O. The Morgan fingerprint density at radius 1 is 1.29 bits per heavy atom. The zero-order valence-electron chi connectivity index (χ0n) is 14.0. The number of anilines is 1. The summed E-state index contributed by atoms with van der Waals surface area (Å²) in [5.74, 6) is 1.18. The number of nitrogens with zero attached hydrogens (tertiary/aromatic N) is 3. The quantitative estimate of drug-likeness (QED) is 0.689. The van der Waals surface area contributed by atoms with Gasteiger partial charge in [0.1, 0.15) is 0 Å². The number of aliphatic hydroxyl groups excluding tert-OH is 1. The summed E-state index contributed by atoms with van der Waals surface area (Å²) in [6, 6.07) is 4.25. The predicted molar refractivity (Wildman–Crippen MR) is 93.9 cm³/mol. The van der Waals surface area contributed by atoms with Crippen molar-refractivity contribution in [2.45, 2.75) is 45.4 Å². The summed E-state index contributed by atoms with van der Waals surface area (Å²) in [4.78, 5) is 12.0. The van der Waals surface area contributed by atoms with Crippen LogP contribution in [-0.2, 0) is 6.54 Å². The van der Waals surface area contributed by atoms with Crippen molar-refractivity contribution in [1.29, 1.82) is 0 Å². The van der Waals surface area contributed by atoms with Crippen LogP contribution in [-0.4, -0.2) is 36.8 Å². The molecule has 6 heteroatoms. The Bertz CT molecular complexity index is 800. The molecule has 3 atom stereocenters. The molecule has 1 fully saturated rings. The van der Waals surface area contributed by atoms with E-state index in [0.29, 0.717) is 5.92 Å². The molecule has 3 N–H and O–H groups in total. The second-order valence-electron chi connectivity index (χ2n) is 6.95. The van der Waals surface area contributed by atoms with Crippen molar-refractivity contribution in [3.63, 3.8) is 0 Å². The van der Waals surface area contributed by atoms with Gasteiger partial charge in [-0.15, -0.1) is 0 Å². The maximum absolute atomic E-state index is 10.4. The Labute approximate surface area is 140 Å². The third kappa shape index (κ3) is 2.89. The van der Waals surface area contributed by atoms with E-state index in [1.165, 1.54) is 11.1 Å². The fraction of sp³-hybridized carbons (Fsp3) is 0.444. The van der Waals surface area contributed by atoms with E-state index < -0.39 is 0 Å². The average molecular weight is 325 g/mol. The molecule has 24 heavy (non-hydrogen) atoms. The molecule has 0 saturated heterocycles. The molecule has 0 aliphatic heterocycles. The topological polar surface area (TPSA) is 78.8 Å². The Kier molecular flexibility index (Phi) is 3.76. The smallest absolute Gasteiger partial charge is 0.201 e. The van der Waals surface area contributed by atoms with Gasteiger partial charge in [-0.3, -0.25) is 0 Å². The number of aliphatic hydroxyl groups is 1. The van der Waals surface area contributed by atoms with Gasteiger partial charge in [0.25, 0.3) is 0 Å². The van der Waals surface area contributed by atoms with Gasteiger partial charge in [-0.25, -0.2) is 9.97 Å². The Hall–Kier alpha value is -2.34. The van der Waals surface area contributed by atoms with Crippen molar-refractivity contribution in [3.8, 4) is 0 Å². The minimum absolute atomic E-state index is 0.0290. The van der Waals surface area contributed by atoms with Crippen LogP contribution in [0, 0.1) is 19.8 Å². The van der Waals surface area contributed by atoms with E-state index in [2.05, 4.69) is 50.8 Å². The monoisotopic (exact) mass is 325 g/mol. The highest BCUT2D eigenvalue weighted by Gasteiger charge is 2.33. The Morgan fingerprint density at radius 2 is 2.12 bits per heavy atom. The van der Waals surface area contributed by atoms with Gasteiger partial charge in [-0.2, -0.15) is 0 Å². The number of aryl methyl sites for hydroxylation is 2. The molecule has 6 nitrogen and oxygen atoms in total. The molecule has 2 heterocycles. The van der Waals surface area contributed by atoms with Crippen LogP contribution in [0.3, 0.4) is 0 Å². The van der Waals surface area contributed by atoms with E-state index in [0.717, 1.165) is 36.4 Å². The van der Waals surface area contributed by atoms with Crippen molar-refractivity contribution >= 4 is 17.0 Å². The second kappa shape index (κ2) is 5.94. The molecule has 0 amide bonds. The molecule has 0 radical (unpaired) electrons. The predicted octanol–water partition coefficient (Wildman–Crippen LogP) is 2.63. The zero-order chi connectivity index (χ0) is 16.7. The van der Waals surface area contributed by atoms with Gasteiger partial charge < -0.3 is 20.0 Å². The first-order valence-corrected chi connectivity index (χ1v) is 8.46. The third-order valence-electron chi connectivity index (χ3n) is 5.07. The average Bonchev–Trinajstić information content (AvgIpc) is 3.23. The first-order chi connectivity index (χ1) is 11.6. The number of fused-ring (bicyclic) bond motifs is 1. The summed E-state index contributed by atoms with van der Waals surface area (Å²) in [5, 5.41) is 13.8. The van der Waals surface area contributed by atoms with Gasteiger partial charge >= 0.3 is 0 Å². The molecule has 3 aromatic rings.